The summed E-state index contributed by atoms with van der Waals surface area (Å²) >= 11 is 0. The molecule has 29 heavy (non-hydrogen) atoms. The van der Waals surface area contributed by atoms with E-state index in [1.165, 1.54) is 29.7 Å². The van der Waals surface area contributed by atoms with Crippen molar-refractivity contribution in [3.05, 3.63) is 47.0 Å². The summed E-state index contributed by atoms with van der Waals surface area (Å²) in [5, 5.41) is 0. The summed E-state index contributed by atoms with van der Waals surface area (Å²) < 4.78 is 11.4. The van der Waals surface area contributed by atoms with Crippen LogP contribution in [-0.2, 0) is 19.5 Å². The second kappa shape index (κ2) is 9.35. The summed E-state index contributed by atoms with van der Waals surface area (Å²) in [4.78, 5) is 16.5. The van der Waals surface area contributed by atoms with E-state index in [2.05, 4.69) is 27.0 Å². The number of hydrogen-bond donors (Lipinski definition) is 0. The summed E-state index contributed by atoms with van der Waals surface area (Å²) in [7, 11) is 0. The molecule has 6 heteroatoms. The lowest BCUT2D eigenvalue weighted by molar-refractivity contribution is 0.241. The number of ether oxygens (including phenoxy) is 2. The first kappa shape index (κ1) is 19.8. The van der Waals surface area contributed by atoms with Gasteiger partial charge in [0.25, 0.3) is 0 Å². The van der Waals surface area contributed by atoms with Gasteiger partial charge in [-0.15, -0.1) is 0 Å². The molecule has 2 aliphatic heterocycles. The maximum absolute atomic E-state index is 5.77. The van der Waals surface area contributed by atoms with Gasteiger partial charge in [0.05, 0.1) is 24.6 Å². The van der Waals surface area contributed by atoms with Crippen LogP contribution in [0, 0.1) is 0 Å². The molecule has 0 saturated heterocycles. The van der Waals surface area contributed by atoms with Gasteiger partial charge in [-0.25, -0.2) is 9.97 Å². The maximum Gasteiger partial charge on any atom is 0.173 e. The molecule has 0 atom stereocenters. The van der Waals surface area contributed by atoms with E-state index >= 15 is 0 Å². The van der Waals surface area contributed by atoms with E-state index in [0.717, 1.165) is 62.1 Å². The highest BCUT2D eigenvalue weighted by atomic mass is 16.5. The van der Waals surface area contributed by atoms with Gasteiger partial charge in [-0.1, -0.05) is 6.07 Å². The number of hydrogen-bond acceptors (Lipinski definition) is 6. The third-order valence-corrected chi connectivity index (χ3v) is 5.41. The van der Waals surface area contributed by atoms with Gasteiger partial charge >= 0.3 is 0 Å². The average Bonchev–Trinajstić information content (AvgIpc) is 2.76. The van der Waals surface area contributed by atoms with E-state index < -0.39 is 0 Å². The molecule has 0 N–H and O–H groups in total. The van der Waals surface area contributed by atoms with Gasteiger partial charge in [-0.2, -0.15) is 0 Å². The zero-order valence-corrected chi connectivity index (χ0v) is 17.5. The van der Waals surface area contributed by atoms with Crippen LogP contribution in [-0.4, -0.2) is 46.9 Å². The van der Waals surface area contributed by atoms with Crippen LogP contribution in [0.25, 0.3) is 0 Å². The number of benzene rings is 1. The second-order valence-corrected chi connectivity index (χ2v) is 7.56. The number of aliphatic imine (C=N–C) groups is 1. The highest BCUT2D eigenvalue weighted by Gasteiger charge is 2.21. The van der Waals surface area contributed by atoms with Crippen LogP contribution in [0.3, 0.4) is 0 Å². The molecule has 3 heterocycles. The van der Waals surface area contributed by atoms with E-state index in [9.17, 15) is 0 Å². The van der Waals surface area contributed by atoms with Crippen LogP contribution < -0.4 is 9.47 Å². The molecule has 2 aliphatic rings. The van der Waals surface area contributed by atoms with Crippen LogP contribution in [0.2, 0.25) is 0 Å². The van der Waals surface area contributed by atoms with Crippen molar-refractivity contribution in [1.29, 1.82) is 0 Å². The highest BCUT2D eigenvalue weighted by Crippen LogP contribution is 2.29. The van der Waals surface area contributed by atoms with Gasteiger partial charge in [0.2, 0.25) is 0 Å². The van der Waals surface area contributed by atoms with Crippen molar-refractivity contribution in [2.75, 3.05) is 26.3 Å². The van der Waals surface area contributed by atoms with Crippen molar-refractivity contribution in [3.63, 3.8) is 0 Å². The lowest BCUT2D eigenvalue weighted by atomic mass is 10.0. The first-order valence-electron chi connectivity index (χ1n) is 10.8. The Bertz CT molecular complexity index is 881. The first-order chi connectivity index (χ1) is 14.3. The molecule has 1 aromatic heterocycles. The van der Waals surface area contributed by atoms with Crippen molar-refractivity contribution in [1.82, 2.24) is 14.9 Å². The van der Waals surface area contributed by atoms with E-state index in [0.29, 0.717) is 13.2 Å². The van der Waals surface area contributed by atoms with Crippen LogP contribution >= 0.6 is 0 Å². The molecule has 0 spiro atoms. The van der Waals surface area contributed by atoms with Gasteiger partial charge in [0.1, 0.15) is 0 Å². The molecule has 1 aromatic carbocycles. The molecule has 154 valence electrons. The van der Waals surface area contributed by atoms with Gasteiger partial charge in [-0.05, 0) is 50.8 Å². The Labute approximate surface area is 173 Å². The molecular weight excluding hydrogens is 364 g/mol. The van der Waals surface area contributed by atoms with E-state index in [1.54, 1.807) is 0 Å². The minimum atomic E-state index is 0.631. The van der Waals surface area contributed by atoms with Gasteiger partial charge in [-0.3, -0.25) is 9.89 Å². The Morgan fingerprint density at radius 3 is 2.69 bits per heavy atom. The predicted molar refractivity (Wildman–Crippen MR) is 114 cm³/mol. The van der Waals surface area contributed by atoms with Crippen LogP contribution in [0.4, 0.5) is 0 Å². The van der Waals surface area contributed by atoms with E-state index in [-0.39, 0.29) is 0 Å². The van der Waals surface area contributed by atoms with E-state index in [1.807, 2.05) is 26.1 Å². The van der Waals surface area contributed by atoms with Crippen LogP contribution in [0.5, 0.6) is 11.5 Å². The van der Waals surface area contributed by atoms with Gasteiger partial charge in [0, 0.05) is 44.4 Å². The van der Waals surface area contributed by atoms with Crippen molar-refractivity contribution < 1.29 is 9.47 Å². The molecule has 0 aliphatic carbocycles. The fourth-order valence-electron chi connectivity index (χ4n) is 3.98. The fraction of sp³-hybridized carbons (Fsp3) is 0.522. The summed E-state index contributed by atoms with van der Waals surface area (Å²) in [5.41, 5.74) is 4.72. The lowest BCUT2D eigenvalue weighted by Gasteiger charge is -2.28. The minimum absolute atomic E-state index is 0.631. The highest BCUT2D eigenvalue weighted by molar-refractivity contribution is 5.97. The van der Waals surface area contributed by atoms with E-state index in [4.69, 9.17) is 14.5 Å². The summed E-state index contributed by atoms with van der Waals surface area (Å²) in [6.45, 7) is 8.91. The predicted octanol–water partition coefficient (Wildman–Crippen LogP) is 3.81. The first-order valence-corrected chi connectivity index (χ1v) is 10.8. The monoisotopic (exact) mass is 394 g/mol. The molecule has 2 aromatic rings. The smallest absolute Gasteiger partial charge is 0.173 e. The Hall–Kier alpha value is -2.47. The third kappa shape index (κ3) is 4.75. The molecular formula is C23H30N4O2. The number of rotatable bonds is 7. The quantitative estimate of drug-likeness (QED) is 0.715. The average molecular weight is 395 g/mol. The number of nitrogens with zero attached hydrogens (tertiary/aromatic N) is 4. The minimum Gasteiger partial charge on any atom is -0.490 e. The largest absolute Gasteiger partial charge is 0.490 e. The molecule has 0 fully saturated rings. The van der Waals surface area contributed by atoms with Crippen LogP contribution in [0.15, 0.2) is 29.4 Å². The second-order valence-electron chi connectivity index (χ2n) is 7.56. The number of fused-ring (bicyclic) bond motifs is 1. The summed E-state index contributed by atoms with van der Waals surface area (Å²) in [6.07, 6.45) is 6.34. The zero-order valence-electron chi connectivity index (χ0n) is 17.5. The normalized spacial score (nSPS) is 16.8. The Morgan fingerprint density at radius 1 is 1.03 bits per heavy atom. The molecule has 0 radical (unpaired) electrons. The molecule has 0 unspecified atom stereocenters. The topological polar surface area (TPSA) is 59.8 Å². The van der Waals surface area contributed by atoms with Gasteiger partial charge in [0.15, 0.2) is 17.3 Å². The van der Waals surface area contributed by atoms with Gasteiger partial charge < -0.3 is 9.47 Å². The third-order valence-electron chi connectivity index (χ3n) is 5.41. The standard InChI is InChI=1S/C23H30N4O2/c1-3-28-21-9-8-17(13-22(21)29-4-2)15-27-12-10-19-18(16-27)14-25-23(26-19)20-7-5-6-11-24-20/h8-9,13-14H,3-7,10-12,15-16H2,1-2H3. The van der Waals surface area contributed by atoms with Crippen molar-refractivity contribution >= 4 is 5.71 Å². The number of aromatic nitrogens is 2. The molecule has 0 bridgehead atoms. The zero-order chi connectivity index (χ0) is 20.1. The molecule has 0 amide bonds. The van der Waals surface area contributed by atoms with Crippen LogP contribution in [0.1, 0.15) is 55.8 Å². The fourth-order valence-corrected chi connectivity index (χ4v) is 3.98. The SMILES string of the molecule is CCOc1ccc(CN2CCc3nc(C4=NCCCC4)ncc3C2)cc1OCC. The summed E-state index contributed by atoms with van der Waals surface area (Å²) in [5.74, 6) is 2.48. The molecule has 4 rings (SSSR count). The molecule has 6 nitrogen and oxygen atoms in total. The summed E-state index contributed by atoms with van der Waals surface area (Å²) in [6, 6.07) is 6.25. The lowest BCUT2D eigenvalue weighted by Crippen LogP contribution is -2.31. The Morgan fingerprint density at radius 2 is 1.90 bits per heavy atom. The molecule has 0 saturated carbocycles. The van der Waals surface area contributed by atoms with Crippen molar-refractivity contribution in [2.24, 2.45) is 4.99 Å². The Balaban J connectivity index is 1.45. The van der Waals surface area contributed by atoms with Crippen molar-refractivity contribution in [2.45, 2.75) is 52.6 Å². The maximum atomic E-state index is 5.77. The van der Waals surface area contributed by atoms with Crippen molar-refractivity contribution in [3.8, 4) is 11.5 Å². The Kier molecular flexibility index (Phi) is 6.39.